The van der Waals surface area contributed by atoms with Crippen LogP contribution < -0.4 is 4.74 Å². The number of hydrogen-bond donors (Lipinski definition) is 0. The van der Waals surface area contributed by atoms with E-state index in [2.05, 4.69) is 45.2 Å². The third kappa shape index (κ3) is 9.36. The van der Waals surface area contributed by atoms with Crippen molar-refractivity contribution in [3.63, 3.8) is 0 Å². The lowest BCUT2D eigenvalue weighted by molar-refractivity contribution is -0.0979. The molecule has 1 aromatic rings. The van der Waals surface area contributed by atoms with Crippen molar-refractivity contribution in [1.82, 2.24) is 0 Å². The van der Waals surface area contributed by atoms with Crippen LogP contribution in [0.15, 0.2) is 31.4 Å². The maximum atomic E-state index is 8.00. The van der Waals surface area contributed by atoms with Gasteiger partial charge in [-0.05, 0) is 30.5 Å². The van der Waals surface area contributed by atoms with Crippen LogP contribution in [0.5, 0.6) is 5.75 Å². The quantitative estimate of drug-likeness (QED) is 0.721. The fraction of sp³-hybridized carbons (Fsp3) is 0.400. The first kappa shape index (κ1) is 20.8. The zero-order valence-electron chi connectivity index (χ0n) is 11.9. The summed E-state index contributed by atoms with van der Waals surface area (Å²) in [5.41, 5.74) is 2.53. The summed E-state index contributed by atoms with van der Waals surface area (Å²) in [7, 11) is 1.71. The van der Waals surface area contributed by atoms with Crippen LogP contribution in [-0.2, 0) is 11.2 Å². The normalized spacial score (nSPS) is 7.12. The van der Waals surface area contributed by atoms with E-state index >= 15 is 0 Å². The Bertz CT molecular complexity index is 268. The van der Waals surface area contributed by atoms with Gasteiger partial charge in [0.15, 0.2) is 0 Å². The number of aryl methyl sites for hydroxylation is 2. The molecule has 0 aromatic heterocycles. The second-order valence-corrected chi connectivity index (χ2v) is 2.66. The maximum absolute atomic E-state index is 8.00. The third-order valence-corrected chi connectivity index (χ3v) is 1.88. The summed E-state index contributed by atoms with van der Waals surface area (Å²) >= 11 is 0. The molecule has 1 rings (SSSR count). The molecule has 0 aliphatic heterocycles. The predicted octanol–water partition coefficient (Wildman–Crippen LogP) is 4.21. The van der Waals surface area contributed by atoms with Gasteiger partial charge in [0.1, 0.15) is 12.5 Å². The minimum Gasteiger partial charge on any atom is -0.496 e. The van der Waals surface area contributed by atoms with Gasteiger partial charge in [0.05, 0.1) is 7.11 Å². The third-order valence-electron chi connectivity index (χ3n) is 1.88. The second-order valence-electron chi connectivity index (χ2n) is 2.66. The van der Waals surface area contributed by atoms with E-state index in [0.717, 1.165) is 12.2 Å². The molecule has 0 heterocycles. The summed E-state index contributed by atoms with van der Waals surface area (Å²) in [4.78, 5) is 8.00. The molecule has 0 atom stereocenters. The van der Waals surface area contributed by atoms with E-state index in [1.165, 1.54) is 11.1 Å². The monoisotopic (exact) mass is 238 g/mol. The first-order valence-corrected chi connectivity index (χ1v) is 5.70. The van der Waals surface area contributed by atoms with Crippen molar-refractivity contribution >= 4 is 6.79 Å². The van der Waals surface area contributed by atoms with Crippen LogP contribution >= 0.6 is 0 Å². The lowest BCUT2D eigenvalue weighted by Gasteiger charge is -2.05. The molecule has 0 spiro atoms. The molecule has 98 valence electrons. The number of ether oxygens (including phenoxy) is 1. The van der Waals surface area contributed by atoms with Crippen molar-refractivity contribution in [3.8, 4) is 5.75 Å². The molecule has 1 aromatic carbocycles. The van der Waals surface area contributed by atoms with E-state index in [-0.39, 0.29) is 0 Å². The van der Waals surface area contributed by atoms with Gasteiger partial charge in [-0.3, -0.25) is 0 Å². The molecule has 0 radical (unpaired) electrons. The lowest BCUT2D eigenvalue weighted by Crippen LogP contribution is -1.88. The maximum Gasteiger partial charge on any atom is 0.122 e. The molecule has 2 heteroatoms. The van der Waals surface area contributed by atoms with Gasteiger partial charge in [-0.2, -0.15) is 0 Å². The number of carbonyl (C=O) groups excluding carboxylic acids is 1. The van der Waals surface area contributed by atoms with Gasteiger partial charge in [0, 0.05) is 0 Å². The Morgan fingerprint density at radius 3 is 2.00 bits per heavy atom. The molecule has 0 unspecified atom stereocenters. The highest BCUT2D eigenvalue weighted by Crippen LogP contribution is 2.18. The molecule has 17 heavy (non-hydrogen) atoms. The predicted molar refractivity (Wildman–Crippen MR) is 76.8 cm³/mol. The fourth-order valence-corrected chi connectivity index (χ4v) is 1.08. The molecule has 0 saturated carbocycles. The summed E-state index contributed by atoms with van der Waals surface area (Å²) in [5.74, 6) is 0.990. The van der Waals surface area contributed by atoms with Crippen LogP contribution in [0.4, 0.5) is 0 Å². The first-order valence-electron chi connectivity index (χ1n) is 5.70. The summed E-state index contributed by atoms with van der Waals surface area (Å²) < 4.78 is 5.19. The van der Waals surface area contributed by atoms with Crippen LogP contribution in [0.2, 0.25) is 0 Å². The van der Waals surface area contributed by atoms with Crippen LogP contribution in [0.1, 0.15) is 31.9 Å². The molecule has 0 bridgehead atoms. The second kappa shape index (κ2) is 16.8. The Morgan fingerprint density at radius 2 is 1.65 bits per heavy atom. The van der Waals surface area contributed by atoms with Crippen molar-refractivity contribution < 1.29 is 9.53 Å². The Hall–Kier alpha value is -1.57. The van der Waals surface area contributed by atoms with Gasteiger partial charge in [0.2, 0.25) is 0 Å². The smallest absolute Gasteiger partial charge is 0.122 e. The Balaban J connectivity index is -0.000000285. The van der Waals surface area contributed by atoms with E-state index in [9.17, 15) is 0 Å². The van der Waals surface area contributed by atoms with E-state index in [4.69, 9.17) is 9.53 Å². The molecular formula is C15H26O2. The minimum absolute atomic E-state index is 0.990. The highest BCUT2D eigenvalue weighted by Gasteiger charge is 1.97. The number of rotatable bonds is 2. The topological polar surface area (TPSA) is 26.3 Å². The Morgan fingerprint density at radius 1 is 1.18 bits per heavy atom. The molecule has 0 aliphatic carbocycles. The van der Waals surface area contributed by atoms with Crippen LogP contribution in [0.25, 0.3) is 0 Å². The van der Waals surface area contributed by atoms with Gasteiger partial charge < -0.3 is 9.53 Å². The lowest BCUT2D eigenvalue weighted by atomic mass is 10.1. The molecule has 0 saturated heterocycles. The summed E-state index contributed by atoms with van der Waals surface area (Å²) in [5, 5.41) is 0. The van der Waals surface area contributed by atoms with Gasteiger partial charge >= 0.3 is 0 Å². The SMILES string of the molecule is C=C.C=O.CC.CCc1ccc(C)c(OC)c1. The highest BCUT2D eigenvalue weighted by atomic mass is 16.5. The molecule has 0 fully saturated rings. The first-order chi connectivity index (χ1) is 8.27. The van der Waals surface area contributed by atoms with Crippen LogP contribution in [-0.4, -0.2) is 13.9 Å². The van der Waals surface area contributed by atoms with Crippen molar-refractivity contribution in [1.29, 1.82) is 0 Å². The van der Waals surface area contributed by atoms with E-state index < -0.39 is 0 Å². The molecule has 0 N–H and O–H groups in total. The minimum atomic E-state index is 0.990. The average Bonchev–Trinajstić information content (AvgIpc) is 2.46. The number of hydrogen-bond acceptors (Lipinski definition) is 2. The van der Waals surface area contributed by atoms with Gasteiger partial charge in [-0.1, -0.05) is 32.9 Å². The Labute approximate surface area is 106 Å². The average molecular weight is 238 g/mol. The molecule has 0 aliphatic rings. The summed E-state index contributed by atoms with van der Waals surface area (Å²) in [6.07, 6.45) is 1.07. The zero-order valence-corrected chi connectivity index (χ0v) is 11.9. The largest absolute Gasteiger partial charge is 0.496 e. The van der Waals surface area contributed by atoms with E-state index in [0.29, 0.717) is 0 Å². The van der Waals surface area contributed by atoms with Gasteiger partial charge in [0.25, 0.3) is 0 Å². The standard InChI is InChI=1S/C10H14O.C2H6.C2H4.CH2O/c1-4-9-6-5-8(2)10(7-9)11-3;3*1-2/h5-7H,4H2,1-3H3;1-2H3;1-2H2;1H2. The number of carbonyl (C=O) groups is 1. The number of benzene rings is 1. The van der Waals surface area contributed by atoms with Gasteiger partial charge in [-0.25, -0.2) is 0 Å². The van der Waals surface area contributed by atoms with E-state index in [1.807, 2.05) is 20.6 Å². The zero-order chi connectivity index (χ0) is 14.3. The Kier molecular flexibility index (Phi) is 20.6. The van der Waals surface area contributed by atoms with E-state index in [1.54, 1.807) is 7.11 Å². The molecular weight excluding hydrogens is 212 g/mol. The molecule has 0 amide bonds. The summed E-state index contributed by atoms with van der Waals surface area (Å²) in [6.45, 7) is 16.2. The van der Waals surface area contributed by atoms with Crippen molar-refractivity contribution in [2.45, 2.75) is 34.1 Å². The van der Waals surface area contributed by atoms with Crippen LogP contribution in [0, 0.1) is 6.92 Å². The fourth-order valence-electron chi connectivity index (χ4n) is 1.08. The highest BCUT2D eigenvalue weighted by molar-refractivity contribution is 5.36. The molecule has 2 nitrogen and oxygen atoms in total. The summed E-state index contributed by atoms with van der Waals surface area (Å²) in [6, 6.07) is 6.32. The van der Waals surface area contributed by atoms with Crippen molar-refractivity contribution in [3.05, 3.63) is 42.5 Å². The van der Waals surface area contributed by atoms with Crippen molar-refractivity contribution in [2.75, 3.05) is 7.11 Å². The van der Waals surface area contributed by atoms with Gasteiger partial charge in [-0.15, -0.1) is 13.2 Å². The van der Waals surface area contributed by atoms with Crippen LogP contribution in [0.3, 0.4) is 0 Å². The van der Waals surface area contributed by atoms with Crippen molar-refractivity contribution in [2.24, 2.45) is 0 Å². The number of methoxy groups -OCH3 is 1.